The number of hydrogen-bond acceptors (Lipinski definition) is 5. The van der Waals surface area contributed by atoms with Crippen LogP contribution in [-0.4, -0.2) is 42.5 Å². The Hall–Kier alpha value is -4.07. The van der Waals surface area contributed by atoms with Gasteiger partial charge in [0.1, 0.15) is 11.8 Å². The van der Waals surface area contributed by atoms with Crippen molar-refractivity contribution in [2.45, 2.75) is 33.2 Å². The number of amides is 2. The zero-order valence-electron chi connectivity index (χ0n) is 19.9. The van der Waals surface area contributed by atoms with Gasteiger partial charge in [0, 0.05) is 29.1 Å². The molecule has 2 aromatic carbocycles. The summed E-state index contributed by atoms with van der Waals surface area (Å²) in [7, 11) is 1.64. The average molecular weight is 463 g/mol. The molecule has 0 fully saturated rings. The number of carbonyl (C=O) groups excluding carboxylic acids is 2. The molecule has 0 saturated heterocycles. The van der Waals surface area contributed by atoms with Gasteiger partial charge in [0.05, 0.1) is 19.9 Å². The van der Waals surface area contributed by atoms with Crippen molar-refractivity contribution in [1.82, 2.24) is 15.3 Å². The fourth-order valence-electron chi connectivity index (χ4n) is 3.66. The number of aryl methyl sites for hydroxylation is 1. The number of hydrogen-bond donors (Lipinski definition) is 2. The van der Waals surface area contributed by atoms with Crippen LogP contribution in [0.15, 0.2) is 65.8 Å². The van der Waals surface area contributed by atoms with Crippen molar-refractivity contribution in [3.8, 4) is 11.4 Å². The highest BCUT2D eigenvalue weighted by molar-refractivity contribution is 5.88. The molecule has 0 aliphatic carbocycles. The fourth-order valence-corrected chi connectivity index (χ4v) is 3.66. The molecule has 0 spiro atoms. The van der Waals surface area contributed by atoms with Gasteiger partial charge in [-0.05, 0) is 56.7 Å². The van der Waals surface area contributed by atoms with E-state index in [2.05, 4.69) is 20.4 Å². The number of rotatable bonds is 9. The average Bonchev–Trinajstić information content (AvgIpc) is 3.12. The summed E-state index contributed by atoms with van der Waals surface area (Å²) in [5, 5.41) is 6.75. The lowest BCUT2D eigenvalue weighted by molar-refractivity contribution is -0.123. The predicted molar refractivity (Wildman–Crippen MR) is 132 cm³/mol. The number of aromatic nitrogens is 1. The van der Waals surface area contributed by atoms with Gasteiger partial charge in [-0.25, -0.2) is 10.2 Å². The molecule has 178 valence electrons. The zero-order chi connectivity index (χ0) is 24.5. The van der Waals surface area contributed by atoms with Gasteiger partial charge in [-0.1, -0.05) is 30.3 Å². The number of hydrazone groups is 1. The highest BCUT2D eigenvalue weighted by atomic mass is 16.5. The molecule has 8 nitrogen and oxygen atoms in total. The summed E-state index contributed by atoms with van der Waals surface area (Å²) in [4.78, 5) is 24.7. The number of nitrogens with zero attached hydrogens (tertiary/aromatic N) is 2. The monoisotopic (exact) mass is 462 g/mol. The number of nitrogens with one attached hydrogen (secondary N) is 2. The van der Waals surface area contributed by atoms with Crippen molar-refractivity contribution in [2.75, 3.05) is 13.7 Å². The third-order valence-electron chi connectivity index (χ3n) is 5.35. The number of alkyl carbamates (subject to hydrolysis) is 1. The minimum atomic E-state index is -0.828. The van der Waals surface area contributed by atoms with E-state index in [9.17, 15) is 9.59 Å². The van der Waals surface area contributed by atoms with Crippen LogP contribution in [-0.2, 0) is 16.0 Å². The molecule has 3 aromatic rings. The van der Waals surface area contributed by atoms with Crippen LogP contribution in [0.4, 0.5) is 4.79 Å². The van der Waals surface area contributed by atoms with E-state index in [1.165, 1.54) is 0 Å². The Labute approximate surface area is 199 Å². The van der Waals surface area contributed by atoms with E-state index in [4.69, 9.17) is 9.47 Å². The first-order valence-corrected chi connectivity index (χ1v) is 11.1. The van der Waals surface area contributed by atoms with Crippen molar-refractivity contribution < 1.29 is 19.1 Å². The maximum Gasteiger partial charge on any atom is 0.407 e. The SMILES string of the molecule is CCOC(=O)N[C@@H](Cc1ccccc1)C(=O)N/N=C\c1cc(C)n(-c2ccc(OC)cc2)c1C. The summed E-state index contributed by atoms with van der Waals surface area (Å²) in [5.74, 6) is 0.356. The van der Waals surface area contributed by atoms with Crippen LogP contribution in [0.2, 0.25) is 0 Å². The van der Waals surface area contributed by atoms with Crippen LogP contribution in [0.5, 0.6) is 5.75 Å². The van der Waals surface area contributed by atoms with Crippen molar-refractivity contribution in [3.05, 3.63) is 83.2 Å². The van der Waals surface area contributed by atoms with E-state index < -0.39 is 18.0 Å². The third-order valence-corrected chi connectivity index (χ3v) is 5.35. The number of benzene rings is 2. The van der Waals surface area contributed by atoms with Gasteiger partial charge < -0.3 is 19.4 Å². The molecular weight excluding hydrogens is 432 g/mol. The van der Waals surface area contributed by atoms with Crippen LogP contribution in [0.25, 0.3) is 5.69 Å². The molecule has 1 atom stereocenters. The molecule has 2 N–H and O–H groups in total. The summed E-state index contributed by atoms with van der Waals surface area (Å²) >= 11 is 0. The molecule has 34 heavy (non-hydrogen) atoms. The standard InChI is InChI=1S/C26H30N4O4/c1-5-34-26(32)28-24(16-20-9-7-6-8-10-20)25(31)29-27-17-21-15-18(2)30(19(21)3)22-11-13-23(33-4)14-12-22/h6-15,17,24H,5,16H2,1-4H3,(H,28,32)(H,29,31)/b27-17-/t24-/m0/s1. The summed E-state index contributed by atoms with van der Waals surface area (Å²) in [5.41, 5.74) is 7.33. The highest BCUT2D eigenvalue weighted by Gasteiger charge is 2.21. The topological polar surface area (TPSA) is 94.0 Å². The largest absolute Gasteiger partial charge is 0.497 e. The summed E-state index contributed by atoms with van der Waals surface area (Å²) in [6, 6.07) is 18.4. The molecule has 0 saturated carbocycles. The summed E-state index contributed by atoms with van der Waals surface area (Å²) < 4.78 is 12.3. The normalized spacial score (nSPS) is 11.8. The molecular formula is C26H30N4O4. The Balaban J connectivity index is 1.72. The molecule has 0 aliphatic rings. The van der Waals surface area contributed by atoms with Gasteiger partial charge in [0.25, 0.3) is 5.91 Å². The van der Waals surface area contributed by atoms with Crippen molar-refractivity contribution in [2.24, 2.45) is 5.10 Å². The molecule has 3 rings (SSSR count). The predicted octanol–water partition coefficient (Wildman–Crippen LogP) is 3.91. The third kappa shape index (κ3) is 6.25. The molecule has 0 bridgehead atoms. The zero-order valence-corrected chi connectivity index (χ0v) is 19.9. The Morgan fingerprint density at radius 1 is 1.09 bits per heavy atom. The van der Waals surface area contributed by atoms with Crippen LogP contribution < -0.4 is 15.5 Å². The molecule has 2 amide bonds. The maximum absolute atomic E-state index is 12.8. The van der Waals surface area contributed by atoms with E-state index in [0.29, 0.717) is 6.42 Å². The summed E-state index contributed by atoms with van der Waals surface area (Å²) in [6.07, 6.45) is 1.27. The maximum atomic E-state index is 12.8. The molecule has 1 heterocycles. The quantitative estimate of drug-likeness (QED) is 0.372. The van der Waals surface area contributed by atoms with Gasteiger partial charge in [0.2, 0.25) is 0 Å². The first-order valence-electron chi connectivity index (χ1n) is 11.1. The second-order valence-corrected chi connectivity index (χ2v) is 7.70. The Bertz CT molecular complexity index is 1140. The Morgan fingerprint density at radius 3 is 2.44 bits per heavy atom. The van der Waals surface area contributed by atoms with Gasteiger partial charge in [-0.15, -0.1) is 0 Å². The first kappa shape index (κ1) is 24.6. The van der Waals surface area contributed by atoms with Crippen LogP contribution in [0.3, 0.4) is 0 Å². The van der Waals surface area contributed by atoms with E-state index in [0.717, 1.165) is 34.0 Å². The molecule has 1 aromatic heterocycles. The van der Waals surface area contributed by atoms with Gasteiger partial charge in [-0.2, -0.15) is 5.10 Å². The minimum absolute atomic E-state index is 0.216. The molecule has 8 heteroatoms. The number of carbonyl (C=O) groups is 2. The lowest BCUT2D eigenvalue weighted by Gasteiger charge is -2.16. The second kappa shape index (κ2) is 11.7. The van der Waals surface area contributed by atoms with Gasteiger partial charge >= 0.3 is 6.09 Å². The van der Waals surface area contributed by atoms with Crippen LogP contribution in [0, 0.1) is 13.8 Å². The van der Waals surface area contributed by atoms with E-state index in [-0.39, 0.29) is 6.61 Å². The van der Waals surface area contributed by atoms with Crippen molar-refractivity contribution in [1.29, 1.82) is 0 Å². The first-order chi connectivity index (χ1) is 16.4. The molecule has 0 unspecified atom stereocenters. The molecule has 0 radical (unpaired) electrons. The fraction of sp³-hybridized carbons (Fsp3) is 0.269. The van der Waals surface area contributed by atoms with Crippen LogP contribution in [0.1, 0.15) is 29.4 Å². The smallest absolute Gasteiger partial charge is 0.407 e. The Kier molecular flexibility index (Phi) is 8.45. The highest BCUT2D eigenvalue weighted by Crippen LogP contribution is 2.22. The van der Waals surface area contributed by atoms with Crippen molar-refractivity contribution >= 4 is 18.2 Å². The Morgan fingerprint density at radius 2 is 1.79 bits per heavy atom. The van der Waals surface area contributed by atoms with E-state index >= 15 is 0 Å². The number of ether oxygens (including phenoxy) is 2. The van der Waals surface area contributed by atoms with Crippen LogP contribution >= 0.6 is 0 Å². The second-order valence-electron chi connectivity index (χ2n) is 7.70. The van der Waals surface area contributed by atoms with Gasteiger partial charge in [0.15, 0.2) is 0 Å². The lowest BCUT2D eigenvalue weighted by Crippen LogP contribution is -2.47. The minimum Gasteiger partial charge on any atom is -0.497 e. The summed E-state index contributed by atoms with van der Waals surface area (Å²) in [6.45, 7) is 5.92. The lowest BCUT2D eigenvalue weighted by atomic mass is 10.1. The van der Waals surface area contributed by atoms with Crippen molar-refractivity contribution in [3.63, 3.8) is 0 Å². The van der Waals surface area contributed by atoms with Gasteiger partial charge in [-0.3, -0.25) is 4.79 Å². The number of methoxy groups -OCH3 is 1. The van der Waals surface area contributed by atoms with E-state index in [1.54, 1.807) is 20.2 Å². The molecule has 0 aliphatic heterocycles. The van der Waals surface area contributed by atoms with E-state index in [1.807, 2.05) is 74.5 Å².